The maximum absolute atomic E-state index is 11.6. The molecule has 20 heavy (non-hydrogen) atoms. The zero-order valence-corrected chi connectivity index (χ0v) is 11.3. The minimum absolute atomic E-state index is 0.159. The lowest BCUT2D eigenvalue weighted by molar-refractivity contribution is -0.140. The molecule has 0 aromatic carbocycles. The van der Waals surface area contributed by atoms with E-state index in [9.17, 15) is 14.4 Å². The van der Waals surface area contributed by atoms with Crippen LogP contribution in [-0.2, 0) is 14.3 Å². The third-order valence-corrected chi connectivity index (χ3v) is 3.52. The molecule has 0 bridgehead atoms. The van der Waals surface area contributed by atoms with Gasteiger partial charge in [0.25, 0.3) is 0 Å². The second-order valence-electron chi connectivity index (χ2n) is 4.89. The summed E-state index contributed by atoms with van der Waals surface area (Å²) in [7, 11) is 1.58. The van der Waals surface area contributed by atoms with E-state index in [1.807, 2.05) is 0 Å². The highest BCUT2D eigenvalue weighted by Crippen LogP contribution is 2.34. The molecule has 1 aliphatic carbocycles. The Morgan fingerprint density at radius 3 is 2.35 bits per heavy atom. The highest BCUT2D eigenvalue weighted by Gasteiger charge is 2.37. The molecular weight excluding hydrogens is 268 g/mol. The van der Waals surface area contributed by atoms with Gasteiger partial charge in [-0.15, -0.1) is 0 Å². The molecule has 8 heteroatoms. The SMILES string of the molecule is COC1(CNC(=O)NC(CCC(=O)O)C(=O)O)CCC1. The summed E-state index contributed by atoms with van der Waals surface area (Å²) >= 11 is 0. The second kappa shape index (κ2) is 7.09. The van der Waals surface area contributed by atoms with Gasteiger partial charge in [0.15, 0.2) is 0 Å². The first-order valence-electron chi connectivity index (χ1n) is 6.43. The van der Waals surface area contributed by atoms with Crippen molar-refractivity contribution in [3.63, 3.8) is 0 Å². The van der Waals surface area contributed by atoms with E-state index in [4.69, 9.17) is 14.9 Å². The molecule has 0 aromatic heterocycles. The van der Waals surface area contributed by atoms with Gasteiger partial charge in [-0.2, -0.15) is 0 Å². The minimum Gasteiger partial charge on any atom is -0.481 e. The zero-order chi connectivity index (χ0) is 15.2. The summed E-state index contributed by atoms with van der Waals surface area (Å²) in [5.41, 5.74) is -0.350. The van der Waals surface area contributed by atoms with Crippen LogP contribution < -0.4 is 10.6 Å². The van der Waals surface area contributed by atoms with Crippen molar-refractivity contribution in [3.05, 3.63) is 0 Å². The molecule has 0 heterocycles. The summed E-state index contributed by atoms with van der Waals surface area (Å²) in [5.74, 6) is -2.36. The number of carbonyl (C=O) groups is 3. The van der Waals surface area contributed by atoms with E-state index < -0.39 is 24.0 Å². The van der Waals surface area contributed by atoms with Crippen LogP contribution in [0.4, 0.5) is 4.79 Å². The summed E-state index contributed by atoms with van der Waals surface area (Å²) < 4.78 is 5.32. The predicted octanol–water partition coefficient (Wildman–Crippen LogP) is 0.173. The molecule has 1 saturated carbocycles. The number of rotatable bonds is 8. The third kappa shape index (κ3) is 4.69. The molecule has 0 spiro atoms. The maximum Gasteiger partial charge on any atom is 0.326 e. The summed E-state index contributed by atoms with van der Waals surface area (Å²) in [6.45, 7) is 0.306. The normalized spacial score (nSPS) is 17.6. The summed E-state index contributed by atoms with van der Waals surface area (Å²) in [6.07, 6.45) is 2.26. The monoisotopic (exact) mass is 288 g/mol. The van der Waals surface area contributed by atoms with Crippen LogP contribution in [0.2, 0.25) is 0 Å². The van der Waals surface area contributed by atoms with Gasteiger partial charge >= 0.3 is 18.0 Å². The second-order valence-corrected chi connectivity index (χ2v) is 4.89. The number of carboxylic acids is 2. The highest BCUT2D eigenvalue weighted by atomic mass is 16.5. The van der Waals surface area contributed by atoms with Gasteiger partial charge < -0.3 is 25.6 Å². The molecule has 114 valence electrons. The fourth-order valence-electron chi connectivity index (χ4n) is 2.00. The van der Waals surface area contributed by atoms with Crippen LogP contribution in [0, 0.1) is 0 Å². The molecule has 0 radical (unpaired) electrons. The fraction of sp³-hybridized carbons (Fsp3) is 0.750. The van der Waals surface area contributed by atoms with Crippen LogP contribution in [0.15, 0.2) is 0 Å². The van der Waals surface area contributed by atoms with Gasteiger partial charge in [0.2, 0.25) is 0 Å². The number of hydrogen-bond acceptors (Lipinski definition) is 4. The molecule has 0 saturated heterocycles. The molecule has 1 atom stereocenters. The summed E-state index contributed by atoms with van der Waals surface area (Å²) in [4.78, 5) is 32.9. The van der Waals surface area contributed by atoms with Crippen molar-refractivity contribution in [2.45, 2.75) is 43.7 Å². The van der Waals surface area contributed by atoms with E-state index in [1.54, 1.807) is 7.11 Å². The third-order valence-electron chi connectivity index (χ3n) is 3.52. The van der Waals surface area contributed by atoms with Crippen molar-refractivity contribution in [2.75, 3.05) is 13.7 Å². The Kier molecular flexibility index (Phi) is 5.75. The lowest BCUT2D eigenvalue weighted by Gasteiger charge is -2.40. The molecule has 0 aliphatic heterocycles. The Labute approximate surface area is 116 Å². The Balaban J connectivity index is 2.37. The zero-order valence-electron chi connectivity index (χ0n) is 11.3. The Hall–Kier alpha value is -1.83. The molecule has 1 aliphatic rings. The van der Waals surface area contributed by atoms with Gasteiger partial charge in [0.05, 0.1) is 5.60 Å². The molecule has 1 fully saturated rings. The molecule has 2 amide bonds. The van der Waals surface area contributed by atoms with Crippen LogP contribution >= 0.6 is 0 Å². The first kappa shape index (κ1) is 16.2. The maximum atomic E-state index is 11.6. The average molecular weight is 288 g/mol. The molecule has 0 aromatic rings. The lowest BCUT2D eigenvalue weighted by Crippen LogP contribution is -2.53. The summed E-state index contributed by atoms with van der Waals surface area (Å²) in [6, 6.07) is -1.85. The molecule has 8 nitrogen and oxygen atoms in total. The first-order chi connectivity index (χ1) is 9.38. The van der Waals surface area contributed by atoms with E-state index in [-0.39, 0.29) is 18.4 Å². The summed E-state index contributed by atoms with van der Waals surface area (Å²) in [5, 5.41) is 22.2. The van der Waals surface area contributed by atoms with E-state index in [0.29, 0.717) is 6.54 Å². The van der Waals surface area contributed by atoms with Gasteiger partial charge in [-0.05, 0) is 25.7 Å². The Bertz CT molecular complexity index is 375. The van der Waals surface area contributed by atoms with E-state index in [2.05, 4.69) is 10.6 Å². The van der Waals surface area contributed by atoms with E-state index in [0.717, 1.165) is 19.3 Å². The van der Waals surface area contributed by atoms with Gasteiger partial charge in [-0.3, -0.25) is 4.79 Å². The van der Waals surface area contributed by atoms with E-state index in [1.165, 1.54) is 0 Å². The molecule has 1 unspecified atom stereocenters. The number of nitrogens with one attached hydrogen (secondary N) is 2. The topological polar surface area (TPSA) is 125 Å². The molecule has 1 rings (SSSR count). The number of aliphatic carboxylic acids is 2. The number of carbonyl (C=O) groups excluding carboxylic acids is 1. The van der Waals surface area contributed by atoms with E-state index >= 15 is 0 Å². The number of amides is 2. The van der Waals surface area contributed by atoms with Gasteiger partial charge in [0, 0.05) is 20.1 Å². The van der Waals surface area contributed by atoms with Crippen molar-refractivity contribution in [1.82, 2.24) is 10.6 Å². The van der Waals surface area contributed by atoms with Crippen molar-refractivity contribution < 1.29 is 29.3 Å². The lowest BCUT2D eigenvalue weighted by atomic mass is 9.80. The van der Waals surface area contributed by atoms with Crippen LogP contribution in [0.3, 0.4) is 0 Å². The quantitative estimate of drug-likeness (QED) is 0.504. The van der Waals surface area contributed by atoms with Gasteiger partial charge in [0.1, 0.15) is 6.04 Å². The van der Waals surface area contributed by atoms with Crippen LogP contribution in [-0.4, -0.2) is 53.5 Å². The van der Waals surface area contributed by atoms with Gasteiger partial charge in [-0.25, -0.2) is 9.59 Å². The Morgan fingerprint density at radius 2 is 1.95 bits per heavy atom. The number of methoxy groups -OCH3 is 1. The van der Waals surface area contributed by atoms with Crippen molar-refractivity contribution >= 4 is 18.0 Å². The minimum atomic E-state index is -1.26. The number of hydrogen-bond donors (Lipinski definition) is 4. The average Bonchev–Trinajstić information content (AvgIpc) is 2.33. The van der Waals surface area contributed by atoms with Crippen LogP contribution in [0.25, 0.3) is 0 Å². The fourth-order valence-corrected chi connectivity index (χ4v) is 2.00. The smallest absolute Gasteiger partial charge is 0.326 e. The Morgan fingerprint density at radius 1 is 1.30 bits per heavy atom. The number of ether oxygens (including phenoxy) is 1. The largest absolute Gasteiger partial charge is 0.481 e. The predicted molar refractivity (Wildman–Crippen MR) is 68.4 cm³/mol. The number of urea groups is 1. The first-order valence-corrected chi connectivity index (χ1v) is 6.43. The molecule has 4 N–H and O–H groups in total. The highest BCUT2D eigenvalue weighted by molar-refractivity contribution is 5.83. The number of carboxylic acid groups (broad SMARTS) is 2. The molecular formula is C12H20N2O6. The van der Waals surface area contributed by atoms with Gasteiger partial charge in [-0.1, -0.05) is 0 Å². The van der Waals surface area contributed by atoms with Crippen LogP contribution in [0.1, 0.15) is 32.1 Å². The van der Waals surface area contributed by atoms with Crippen molar-refractivity contribution in [3.8, 4) is 0 Å². The van der Waals surface area contributed by atoms with Crippen LogP contribution in [0.5, 0.6) is 0 Å². The van der Waals surface area contributed by atoms with Crippen molar-refractivity contribution in [2.24, 2.45) is 0 Å². The van der Waals surface area contributed by atoms with Crippen molar-refractivity contribution in [1.29, 1.82) is 0 Å². The standard InChI is InChI=1S/C12H20N2O6/c1-20-12(5-2-6-12)7-13-11(19)14-8(10(17)18)3-4-9(15)16/h8H,2-7H2,1H3,(H,15,16)(H,17,18)(H2,13,14,19).